The number of carbonyl (C=O) groups is 1. The van der Waals surface area contributed by atoms with Crippen molar-refractivity contribution in [2.45, 2.75) is 25.4 Å². The molecule has 5 heteroatoms. The minimum absolute atomic E-state index is 0.433. The highest BCUT2D eigenvalue weighted by Gasteiger charge is 2.23. The van der Waals surface area contributed by atoms with Crippen LogP contribution in [0.15, 0.2) is 17.4 Å². The van der Waals surface area contributed by atoms with Crippen LogP contribution in [0.2, 0.25) is 0 Å². The van der Waals surface area contributed by atoms with Gasteiger partial charge in [0.2, 0.25) is 0 Å². The maximum atomic E-state index is 10.3. The molecule has 0 aliphatic carbocycles. The van der Waals surface area contributed by atoms with Gasteiger partial charge in [-0.25, -0.2) is 10.2 Å². The highest BCUT2D eigenvalue weighted by molar-refractivity contribution is 5.74. The van der Waals surface area contributed by atoms with Gasteiger partial charge in [0.1, 0.15) is 5.60 Å². The predicted octanol–water partition coefficient (Wildman–Crippen LogP) is 0.723. The van der Waals surface area contributed by atoms with Gasteiger partial charge in [0.05, 0.1) is 12.5 Å². The highest BCUT2D eigenvalue weighted by Crippen LogP contribution is 2.20. The Morgan fingerprint density at radius 3 is 3.15 bits per heavy atom. The van der Waals surface area contributed by atoms with E-state index in [2.05, 4.69) is 10.5 Å². The van der Waals surface area contributed by atoms with Crippen LogP contribution in [0.4, 0.5) is 4.79 Å². The van der Waals surface area contributed by atoms with Crippen molar-refractivity contribution >= 4 is 12.2 Å². The number of allylic oxidation sites excluding steroid dienone is 1. The molecule has 0 aromatic heterocycles. The van der Waals surface area contributed by atoms with Crippen LogP contribution in [0, 0.1) is 0 Å². The molecule has 72 valence electrons. The first-order valence-corrected chi connectivity index (χ1v) is 4.05. The number of hydrogen-bond acceptors (Lipinski definition) is 3. The summed E-state index contributed by atoms with van der Waals surface area (Å²) in [6.45, 7) is 1.89. The fraction of sp³-hybridized carbons (Fsp3) is 0.500. The number of amides is 2. The van der Waals surface area contributed by atoms with Gasteiger partial charge >= 0.3 is 6.03 Å². The fourth-order valence-electron chi connectivity index (χ4n) is 1.03. The Morgan fingerprint density at radius 2 is 2.62 bits per heavy atom. The van der Waals surface area contributed by atoms with E-state index in [4.69, 9.17) is 10.5 Å². The van der Waals surface area contributed by atoms with Crippen molar-refractivity contribution in [3.05, 3.63) is 12.3 Å². The van der Waals surface area contributed by atoms with E-state index in [-0.39, 0.29) is 0 Å². The van der Waals surface area contributed by atoms with Gasteiger partial charge in [-0.15, -0.1) is 0 Å². The summed E-state index contributed by atoms with van der Waals surface area (Å²) < 4.78 is 5.33. The van der Waals surface area contributed by atoms with Gasteiger partial charge in [-0.2, -0.15) is 5.10 Å². The van der Waals surface area contributed by atoms with Gasteiger partial charge in [0, 0.05) is 0 Å². The van der Waals surface area contributed by atoms with Crippen LogP contribution in [-0.4, -0.2) is 17.8 Å². The zero-order valence-corrected chi connectivity index (χ0v) is 7.49. The molecule has 3 N–H and O–H groups in total. The van der Waals surface area contributed by atoms with Crippen LogP contribution < -0.4 is 11.2 Å². The lowest BCUT2D eigenvalue weighted by Crippen LogP contribution is -2.33. The van der Waals surface area contributed by atoms with E-state index in [0.717, 1.165) is 12.8 Å². The third-order valence-electron chi connectivity index (χ3n) is 1.75. The van der Waals surface area contributed by atoms with Crippen molar-refractivity contribution in [2.75, 3.05) is 0 Å². The monoisotopic (exact) mass is 183 g/mol. The van der Waals surface area contributed by atoms with E-state index in [1.807, 2.05) is 13.0 Å². The van der Waals surface area contributed by atoms with E-state index < -0.39 is 11.6 Å². The van der Waals surface area contributed by atoms with E-state index in [1.54, 1.807) is 12.5 Å². The second-order valence-corrected chi connectivity index (χ2v) is 3.08. The average molecular weight is 183 g/mol. The molecule has 0 radical (unpaired) electrons. The van der Waals surface area contributed by atoms with E-state index in [0.29, 0.717) is 0 Å². The van der Waals surface area contributed by atoms with Crippen molar-refractivity contribution in [1.82, 2.24) is 5.43 Å². The number of nitrogens with zero attached hydrogens (tertiary/aromatic N) is 1. The summed E-state index contributed by atoms with van der Waals surface area (Å²) in [7, 11) is 0. The topological polar surface area (TPSA) is 76.7 Å². The van der Waals surface area contributed by atoms with Crippen LogP contribution >= 0.6 is 0 Å². The smallest absolute Gasteiger partial charge is 0.332 e. The molecule has 0 saturated heterocycles. The number of primary amides is 1. The second kappa shape index (κ2) is 3.93. The van der Waals surface area contributed by atoms with Crippen molar-refractivity contribution in [1.29, 1.82) is 0 Å². The lowest BCUT2D eigenvalue weighted by atomic mass is 10.00. The molecule has 5 nitrogen and oxygen atoms in total. The maximum Gasteiger partial charge on any atom is 0.332 e. The molecule has 1 aliphatic heterocycles. The minimum atomic E-state index is -0.675. The van der Waals surface area contributed by atoms with Gasteiger partial charge in [-0.05, 0) is 25.8 Å². The maximum absolute atomic E-state index is 10.3. The van der Waals surface area contributed by atoms with Gasteiger partial charge in [0.25, 0.3) is 0 Å². The second-order valence-electron chi connectivity index (χ2n) is 3.08. The number of ether oxygens (including phenoxy) is 1. The van der Waals surface area contributed by atoms with Crippen molar-refractivity contribution in [2.24, 2.45) is 10.8 Å². The van der Waals surface area contributed by atoms with Crippen LogP contribution in [0.5, 0.6) is 0 Å². The molecule has 13 heavy (non-hydrogen) atoms. The van der Waals surface area contributed by atoms with Crippen LogP contribution in [0.25, 0.3) is 0 Å². The van der Waals surface area contributed by atoms with Crippen LogP contribution in [0.1, 0.15) is 19.8 Å². The molecule has 0 fully saturated rings. The lowest BCUT2D eigenvalue weighted by Gasteiger charge is -2.26. The van der Waals surface area contributed by atoms with Crippen molar-refractivity contribution in [3.8, 4) is 0 Å². The number of hydrazone groups is 1. The van der Waals surface area contributed by atoms with Gasteiger partial charge < -0.3 is 10.5 Å². The Balaban J connectivity index is 2.46. The number of urea groups is 1. The zero-order valence-electron chi connectivity index (χ0n) is 7.49. The molecule has 2 amide bonds. The summed E-state index contributed by atoms with van der Waals surface area (Å²) in [5.41, 5.74) is 6.52. The molecule has 1 unspecified atom stereocenters. The normalized spacial score (nSPS) is 27.2. The van der Waals surface area contributed by atoms with Crippen LogP contribution in [0.3, 0.4) is 0 Å². The Bertz CT molecular complexity index is 250. The number of hydrogen-bond donors (Lipinski definition) is 2. The molecule has 1 aliphatic rings. The van der Waals surface area contributed by atoms with Crippen LogP contribution in [-0.2, 0) is 4.74 Å². The lowest BCUT2D eigenvalue weighted by molar-refractivity contribution is 0.0899. The van der Waals surface area contributed by atoms with E-state index >= 15 is 0 Å². The van der Waals surface area contributed by atoms with E-state index in [1.165, 1.54) is 0 Å². The van der Waals surface area contributed by atoms with E-state index in [9.17, 15) is 4.79 Å². The largest absolute Gasteiger partial charge is 0.490 e. The first kappa shape index (κ1) is 9.57. The molecule has 0 aromatic carbocycles. The highest BCUT2D eigenvalue weighted by atomic mass is 16.5. The zero-order chi connectivity index (χ0) is 9.73. The average Bonchev–Trinajstić information content (AvgIpc) is 2.04. The van der Waals surface area contributed by atoms with Crippen molar-refractivity contribution in [3.63, 3.8) is 0 Å². The standard InChI is InChI=1S/C8H13N3O2/c1-8(4-2-3-5-13-8)6-10-11-7(9)12/h3,5-6H,2,4H2,1H3,(H3,9,11,12)/b10-6+. The summed E-state index contributed by atoms with van der Waals surface area (Å²) in [6.07, 6.45) is 6.91. The third kappa shape index (κ3) is 3.14. The number of carbonyl (C=O) groups excluding carboxylic acids is 1. The van der Waals surface area contributed by atoms with Gasteiger partial charge in [-0.3, -0.25) is 0 Å². The Morgan fingerprint density at radius 1 is 1.85 bits per heavy atom. The summed E-state index contributed by atoms with van der Waals surface area (Å²) >= 11 is 0. The molecule has 0 aromatic rings. The third-order valence-corrected chi connectivity index (χ3v) is 1.75. The predicted molar refractivity (Wildman–Crippen MR) is 49.1 cm³/mol. The number of rotatable bonds is 2. The Kier molecular flexibility index (Phi) is 2.89. The molecule has 0 saturated carbocycles. The summed E-state index contributed by atoms with van der Waals surface area (Å²) in [4.78, 5) is 10.3. The molecule has 1 heterocycles. The molecule has 1 atom stereocenters. The van der Waals surface area contributed by atoms with Gasteiger partial charge in [-0.1, -0.05) is 0 Å². The molecule has 1 rings (SSSR count). The molecular formula is C8H13N3O2. The number of nitrogens with two attached hydrogens (primary N) is 1. The number of nitrogens with one attached hydrogen (secondary N) is 1. The van der Waals surface area contributed by atoms with Gasteiger partial charge in [0.15, 0.2) is 0 Å². The summed E-state index contributed by atoms with van der Waals surface area (Å²) in [5, 5.41) is 3.66. The SMILES string of the molecule is CC1(/C=N/NC(N)=O)CCC=CO1. The first-order valence-electron chi connectivity index (χ1n) is 4.05. The quantitative estimate of drug-likeness (QED) is 0.489. The summed E-state index contributed by atoms with van der Waals surface area (Å²) in [6, 6.07) is -0.675. The fourth-order valence-corrected chi connectivity index (χ4v) is 1.03. The Labute approximate surface area is 76.6 Å². The molecular weight excluding hydrogens is 170 g/mol. The van der Waals surface area contributed by atoms with Crippen molar-refractivity contribution < 1.29 is 9.53 Å². The minimum Gasteiger partial charge on any atom is -0.490 e. The Hall–Kier alpha value is -1.52. The summed E-state index contributed by atoms with van der Waals surface area (Å²) in [5.74, 6) is 0. The molecule has 0 spiro atoms. The first-order chi connectivity index (χ1) is 6.12. The molecule has 0 bridgehead atoms.